The number of benzene rings is 2. The molecule has 0 fully saturated rings. The molecule has 176 valence electrons. The Morgan fingerprint density at radius 1 is 1.06 bits per heavy atom. The Balaban J connectivity index is 1.36. The molecule has 1 aliphatic carbocycles. The molecule has 4 rings (SSSR count). The van der Waals surface area contributed by atoms with Crippen LogP contribution in [0.1, 0.15) is 47.9 Å². The highest BCUT2D eigenvalue weighted by molar-refractivity contribution is 5.92. The van der Waals surface area contributed by atoms with Crippen LogP contribution in [0.5, 0.6) is 0 Å². The summed E-state index contributed by atoms with van der Waals surface area (Å²) in [6.07, 6.45) is -0.971. The number of aromatic amines is 1. The van der Waals surface area contributed by atoms with Gasteiger partial charge in [-0.2, -0.15) is 4.98 Å². The first-order valence-corrected chi connectivity index (χ1v) is 10.9. The molecule has 1 aliphatic rings. The van der Waals surface area contributed by atoms with Gasteiger partial charge in [0.25, 0.3) is 11.9 Å². The van der Waals surface area contributed by atoms with Crippen LogP contribution in [0, 0.1) is 5.92 Å². The average molecular weight is 463 g/mol. The van der Waals surface area contributed by atoms with Crippen LogP contribution in [0.2, 0.25) is 0 Å². The van der Waals surface area contributed by atoms with Gasteiger partial charge in [0, 0.05) is 12.0 Å². The number of nitrogens with one attached hydrogen (secondary N) is 3. The van der Waals surface area contributed by atoms with Gasteiger partial charge in [0.15, 0.2) is 0 Å². The van der Waals surface area contributed by atoms with Gasteiger partial charge in [-0.05, 0) is 28.2 Å². The maximum Gasteiger partial charge on any atom is 0.414 e. The predicted octanol–water partition coefficient (Wildman–Crippen LogP) is 3.39. The number of fused-ring (bicyclic) bond motifs is 3. The summed E-state index contributed by atoms with van der Waals surface area (Å²) in [4.78, 5) is 39.7. The summed E-state index contributed by atoms with van der Waals surface area (Å²) in [5.74, 6) is -2.09. The van der Waals surface area contributed by atoms with Crippen molar-refractivity contribution in [3.05, 3.63) is 65.5 Å². The highest BCUT2D eigenvalue weighted by Crippen LogP contribution is 2.44. The molecule has 0 radical (unpaired) electrons. The molecule has 2 amide bonds. The number of H-pyrrole nitrogens is 1. The summed E-state index contributed by atoms with van der Waals surface area (Å²) in [5.41, 5.74) is 4.43. The monoisotopic (exact) mass is 463 g/mol. The number of carbonyl (C=O) groups is 3. The molecule has 0 saturated carbocycles. The van der Waals surface area contributed by atoms with Crippen LogP contribution < -0.4 is 10.6 Å². The number of aliphatic carboxylic acids is 1. The van der Waals surface area contributed by atoms with Crippen molar-refractivity contribution in [2.75, 3.05) is 11.9 Å². The quantitative estimate of drug-likeness (QED) is 0.400. The van der Waals surface area contributed by atoms with E-state index in [-0.39, 0.29) is 36.6 Å². The molecular weight excluding hydrogens is 438 g/mol. The lowest BCUT2D eigenvalue weighted by molar-refractivity contribution is -0.137. The standard InChI is InChI=1S/C24H25N5O5/c1-13(2)19(11-20(30)31)25-22(32)21-26-23(29-28-21)27-24(33)34-12-18-16-9-5-3-7-14(16)15-8-4-6-10-17(15)18/h3-10,13,18-19H,11-12H2,1-2H3,(H,25,32)(H,30,31)(H2,26,27,28,29,33)/t19-/m1/s1. The minimum Gasteiger partial charge on any atom is -0.481 e. The molecule has 1 atom stereocenters. The Hall–Kier alpha value is -4.21. The number of hydrogen-bond acceptors (Lipinski definition) is 6. The highest BCUT2D eigenvalue weighted by atomic mass is 16.5. The van der Waals surface area contributed by atoms with E-state index in [1.807, 2.05) is 36.4 Å². The van der Waals surface area contributed by atoms with Crippen molar-refractivity contribution >= 4 is 23.9 Å². The van der Waals surface area contributed by atoms with E-state index in [2.05, 4.69) is 37.9 Å². The number of aromatic nitrogens is 3. The number of rotatable bonds is 8. The fourth-order valence-corrected chi connectivity index (χ4v) is 4.02. The van der Waals surface area contributed by atoms with E-state index in [0.29, 0.717) is 0 Å². The van der Waals surface area contributed by atoms with Gasteiger partial charge in [-0.15, -0.1) is 5.10 Å². The zero-order valence-corrected chi connectivity index (χ0v) is 18.7. The lowest BCUT2D eigenvalue weighted by Gasteiger charge is -2.19. The number of amides is 2. The van der Waals surface area contributed by atoms with E-state index in [0.717, 1.165) is 22.3 Å². The van der Waals surface area contributed by atoms with Crippen LogP contribution in [0.3, 0.4) is 0 Å². The Morgan fingerprint density at radius 3 is 2.26 bits per heavy atom. The van der Waals surface area contributed by atoms with Crippen molar-refractivity contribution < 1.29 is 24.2 Å². The Bertz CT molecular complexity index is 1180. The molecule has 10 heteroatoms. The Kier molecular flexibility index (Phi) is 6.58. The summed E-state index contributed by atoms with van der Waals surface area (Å²) in [6, 6.07) is 15.4. The molecule has 10 nitrogen and oxygen atoms in total. The summed E-state index contributed by atoms with van der Waals surface area (Å²) in [6.45, 7) is 3.74. The first-order valence-electron chi connectivity index (χ1n) is 10.9. The third kappa shape index (κ3) is 4.90. The van der Waals surface area contributed by atoms with E-state index in [1.54, 1.807) is 13.8 Å². The number of nitrogens with zero attached hydrogens (tertiary/aromatic N) is 2. The summed E-state index contributed by atoms with van der Waals surface area (Å²) in [7, 11) is 0. The van der Waals surface area contributed by atoms with E-state index < -0.39 is 24.0 Å². The van der Waals surface area contributed by atoms with Crippen LogP contribution in [-0.2, 0) is 9.53 Å². The van der Waals surface area contributed by atoms with Gasteiger partial charge in [0.1, 0.15) is 6.61 Å². The maximum atomic E-state index is 12.4. The summed E-state index contributed by atoms with van der Waals surface area (Å²) >= 11 is 0. The molecule has 3 aromatic rings. The zero-order valence-electron chi connectivity index (χ0n) is 18.7. The van der Waals surface area contributed by atoms with Gasteiger partial charge < -0.3 is 15.2 Å². The zero-order chi connectivity index (χ0) is 24.2. The molecule has 34 heavy (non-hydrogen) atoms. The van der Waals surface area contributed by atoms with Crippen LogP contribution in [0.25, 0.3) is 11.1 Å². The minimum atomic E-state index is -1.02. The van der Waals surface area contributed by atoms with Gasteiger partial charge in [0.2, 0.25) is 5.82 Å². The van der Waals surface area contributed by atoms with Gasteiger partial charge in [-0.25, -0.2) is 4.79 Å². The van der Waals surface area contributed by atoms with Crippen LogP contribution in [0.15, 0.2) is 48.5 Å². The van der Waals surface area contributed by atoms with E-state index in [4.69, 9.17) is 9.84 Å². The number of anilines is 1. The highest BCUT2D eigenvalue weighted by Gasteiger charge is 2.29. The third-order valence-electron chi connectivity index (χ3n) is 5.77. The van der Waals surface area contributed by atoms with E-state index in [9.17, 15) is 14.4 Å². The van der Waals surface area contributed by atoms with Crippen molar-refractivity contribution in [2.45, 2.75) is 32.2 Å². The van der Waals surface area contributed by atoms with Crippen LogP contribution >= 0.6 is 0 Å². The molecular formula is C24H25N5O5. The largest absolute Gasteiger partial charge is 0.481 e. The average Bonchev–Trinajstić information content (AvgIpc) is 3.39. The molecule has 0 unspecified atom stereocenters. The fraction of sp³-hybridized carbons (Fsp3) is 0.292. The maximum absolute atomic E-state index is 12.4. The molecule has 4 N–H and O–H groups in total. The topological polar surface area (TPSA) is 146 Å². The van der Waals surface area contributed by atoms with Crippen LogP contribution in [0.4, 0.5) is 10.7 Å². The summed E-state index contributed by atoms with van der Waals surface area (Å²) in [5, 5.41) is 20.3. The van der Waals surface area contributed by atoms with E-state index >= 15 is 0 Å². The fourth-order valence-electron chi connectivity index (χ4n) is 4.02. The van der Waals surface area contributed by atoms with Crippen molar-refractivity contribution in [3.8, 4) is 11.1 Å². The van der Waals surface area contributed by atoms with Gasteiger partial charge in [0.05, 0.1) is 6.42 Å². The molecule has 1 aromatic heterocycles. The minimum absolute atomic E-state index is 0.0890. The lowest BCUT2D eigenvalue weighted by Crippen LogP contribution is -2.40. The SMILES string of the molecule is CC(C)[C@@H](CC(=O)O)NC(=O)c1nc(NC(=O)OCC2c3ccccc3-c3ccccc32)n[nH]1. The normalized spacial score (nSPS) is 13.1. The summed E-state index contributed by atoms with van der Waals surface area (Å²) < 4.78 is 5.44. The number of hydrogen-bond donors (Lipinski definition) is 4. The molecule has 1 heterocycles. The molecule has 0 spiro atoms. The van der Waals surface area contributed by atoms with Crippen molar-refractivity contribution in [1.82, 2.24) is 20.5 Å². The first kappa shape index (κ1) is 23.0. The van der Waals surface area contributed by atoms with E-state index in [1.165, 1.54) is 0 Å². The Labute approximate surface area is 195 Å². The smallest absolute Gasteiger partial charge is 0.414 e. The van der Waals surface area contributed by atoms with Crippen molar-refractivity contribution in [3.63, 3.8) is 0 Å². The molecule has 0 saturated heterocycles. The number of carboxylic acid groups (broad SMARTS) is 1. The number of carbonyl (C=O) groups excluding carboxylic acids is 2. The lowest BCUT2D eigenvalue weighted by atomic mass is 9.98. The van der Waals surface area contributed by atoms with Crippen LogP contribution in [-0.4, -0.2) is 50.9 Å². The van der Waals surface area contributed by atoms with Gasteiger partial charge >= 0.3 is 12.1 Å². The second-order valence-electron chi connectivity index (χ2n) is 8.38. The first-order chi connectivity index (χ1) is 16.3. The number of ether oxygens (including phenoxy) is 1. The van der Waals surface area contributed by atoms with Gasteiger partial charge in [-0.3, -0.25) is 20.0 Å². The third-order valence-corrected chi connectivity index (χ3v) is 5.77. The van der Waals surface area contributed by atoms with Gasteiger partial charge in [-0.1, -0.05) is 62.4 Å². The molecule has 0 aliphatic heterocycles. The molecule has 0 bridgehead atoms. The van der Waals surface area contributed by atoms with Crippen molar-refractivity contribution in [2.24, 2.45) is 5.92 Å². The molecule has 2 aromatic carbocycles. The van der Waals surface area contributed by atoms with Crippen molar-refractivity contribution in [1.29, 1.82) is 0 Å². The predicted molar refractivity (Wildman–Crippen MR) is 123 cm³/mol. The second-order valence-corrected chi connectivity index (χ2v) is 8.38. The Morgan fingerprint density at radius 2 is 1.68 bits per heavy atom. The number of carboxylic acids is 1. The second kappa shape index (κ2) is 9.74.